The van der Waals surface area contributed by atoms with E-state index in [1.54, 1.807) is 0 Å². The van der Waals surface area contributed by atoms with Crippen LogP contribution in [0.15, 0.2) is 0 Å². The van der Waals surface area contributed by atoms with Crippen molar-refractivity contribution in [3.63, 3.8) is 0 Å². The van der Waals surface area contributed by atoms with Gasteiger partial charge in [0.25, 0.3) is 0 Å². The molecule has 19 heavy (non-hydrogen) atoms. The highest BCUT2D eigenvalue weighted by atomic mass is 16.5. The molecule has 3 atom stereocenters. The standard InChI is InChI=1S/C12H20N2O5/c1-8-6-9(2-4-18-8)13-12(17)14-3-5-19-10(7-14)11(15)16/h8-10H,2-7H2,1H3,(H,13,17)(H,15,16). The number of urea groups is 1. The molecule has 2 amide bonds. The van der Waals surface area contributed by atoms with Crippen molar-refractivity contribution < 1.29 is 24.2 Å². The molecule has 2 heterocycles. The lowest BCUT2D eigenvalue weighted by Crippen LogP contribution is -2.54. The molecule has 2 N–H and O–H groups in total. The first kappa shape index (κ1) is 14.1. The summed E-state index contributed by atoms with van der Waals surface area (Å²) >= 11 is 0. The van der Waals surface area contributed by atoms with Gasteiger partial charge in [0, 0.05) is 19.2 Å². The zero-order valence-electron chi connectivity index (χ0n) is 11.0. The first-order valence-corrected chi connectivity index (χ1v) is 6.57. The van der Waals surface area contributed by atoms with E-state index < -0.39 is 12.1 Å². The Bertz CT molecular complexity index is 349. The summed E-state index contributed by atoms with van der Waals surface area (Å²) in [5.74, 6) is -1.03. The zero-order valence-corrected chi connectivity index (χ0v) is 11.0. The largest absolute Gasteiger partial charge is 0.479 e. The summed E-state index contributed by atoms with van der Waals surface area (Å²) < 4.78 is 10.5. The second kappa shape index (κ2) is 6.21. The van der Waals surface area contributed by atoms with Gasteiger partial charge in [0.05, 0.1) is 19.3 Å². The van der Waals surface area contributed by atoms with Crippen molar-refractivity contribution in [2.75, 3.05) is 26.3 Å². The Morgan fingerprint density at radius 1 is 1.32 bits per heavy atom. The minimum absolute atomic E-state index is 0.0972. The van der Waals surface area contributed by atoms with E-state index in [0.29, 0.717) is 13.2 Å². The molecule has 2 aliphatic rings. The van der Waals surface area contributed by atoms with E-state index in [-0.39, 0.29) is 31.3 Å². The van der Waals surface area contributed by atoms with Crippen LogP contribution in [-0.2, 0) is 14.3 Å². The van der Waals surface area contributed by atoms with Crippen LogP contribution in [-0.4, -0.2) is 66.6 Å². The van der Waals surface area contributed by atoms with Crippen LogP contribution >= 0.6 is 0 Å². The van der Waals surface area contributed by atoms with E-state index in [4.69, 9.17) is 14.6 Å². The predicted octanol–water partition coefficient (Wildman–Crippen LogP) is 0.0489. The third-order valence-electron chi connectivity index (χ3n) is 3.44. The van der Waals surface area contributed by atoms with Crippen molar-refractivity contribution in [1.29, 1.82) is 0 Å². The van der Waals surface area contributed by atoms with Gasteiger partial charge in [0.15, 0.2) is 6.10 Å². The van der Waals surface area contributed by atoms with Crippen molar-refractivity contribution in [2.24, 2.45) is 0 Å². The summed E-state index contributed by atoms with van der Waals surface area (Å²) in [6.45, 7) is 3.41. The van der Waals surface area contributed by atoms with Gasteiger partial charge < -0.3 is 24.8 Å². The fourth-order valence-corrected chi connectivity index (χ4v) is 2.38. The number of nitrogens with one attached hydrogen (secondary N) is 1. The number of nitrogens with zero attached hydrogens (tertiary/aromatic N) is 1. The summed E-state index contributed by atoms with van der Waals surface area (Å²) in [6, 6.07) is -0.115. The molecule has 0 aliphatic carbocycles. The molecule has 0 aromatic rings. The quantitative estimate of drug-likeness (QED) is 0.741. The highest BCUT2D eigenvalue weighted by molar-refractivity contribution is 5.77. The molecule has 108 valence electrons. The zero-order chi connectivity index (χ0) is 13.8. The molecule has 0 radical (unpaired) electrons. The Morgan fingerprint density at radius 3 is 2.79 bits per heavy atom. The van der Waals surface area contributed by atoms with E-state index in [9.17, 15) is 9.59 Å². The number of aliphatic carboxylic acids is 1. The van der Waals surface area contributed by atoms with Crippen molar-refractivity contribution in [3.05, 3.63) is 0 Å². The van der Waals surface area contributed by atoms with Crippen LogP contribution < -0.4 is 5.32 Å². The lowest BCUT2D eigenvalue weighted by molar-refractivity contribution is -0.154. The second-order valence-electron chi connectivity index (χ2n) is 5.00. The van der Waals surface area contributed by atoms with Gasteiger partial charge in [0.1, 0.15) is 0 Å². The van der Waals surface area contributed by atoms with Crippen LogP contribution in [0.3, 0.4) is 0 Å². The molecule has 7 nitrogen and oxygen atoms in total. The van der Waals surface area contributed by atoms with Gasteiger partial charge in [0.2, 0.25) is 0 Å². The van der Waals surface area contributed by atoms with Crippen molar-refractivity contribution in [2.45, 2.75) is 38.0 Å². The van der Waals surface area contributed by atoms with Gasteiger partial charge in [-0.25, -0.2) is 9.59 Å². The maximum atomic E-state index is 12.1. The Hall–Kier alpha value is -1.34. The van der Waals surface area contributed by atoms with Crippen molar-refractivity contribution >= 4 is 12.0 Å². The number of amides is 2. The number of carboxylic acids is 1. The first-order chi connectivity index (χ1) is 9.06. The third-order valence-corrected chi connectivity index (χ3v) is 3.44. The summed E-state index contributed by atoms with van der Waals surface area (Å²) in [5, 5.41) is 11.8. The summed E-state index contributed by atoms with van der Waals surface area (Å²) in [5.41, 5.74) is 0. The van der Waals surface area contributed by atoms with Crippen LogP contribution in [0, 0.1) is 0 Å². The molecule has 3 unspecified atom stereocenters. The molecule has 0 saturated carbocycles. The molecule has 0 spiro atoms. The molecular weight excluding hydrogens is 252 g/mol. The average Bonchev–Trinajstić information content (AvgIpc) is 2.39. The molecule has 2 aliphatic heterocycles. The van der Waals surface area contributed by atoms with Gasteiger partial charge in [-0.3, -0.25) is 0 Å². The van der Waals surface area contributed by atoms with E-state index in [0.717, 1.165) is 12.8 Å². The van der Waals surface area contributed by atoms with Gasteiger partial charge >= 0.3 is 12.0 Å². The maximum absolute atomic E-state index is 12.1. The highest BCUT2D eigenvalue weighted by Gasteiger charge is 2.30. The number of hydrogen-bond acceptors (Lipinski definition) is 4. The van der Waals surface area contributed by atoms with Gasteiger partial charge in [-0.05, 0) is 19.8 Å². The fraction of sp³-hybridized carbons (Fsp3) is 0.833. The Morgan fingerprint density at radius 2 is 2.11 bits per heavy atom. The fourth-order valence-electron chi connectivity index (χ4n) is 2.38. The van der Waals surface area contributed by atoms with E-state index >= 15 is 0 Å². The topological polar surface area (TPSA) is 88.1 Å². The molecule has 0 bridgehead atoms. The number of carbonyl (C=O) groups is 2. The van der Waals surface area contributed by atoms with Crippen LogP contribution in [0.5, 0.6) is 0 Å². The Labute approximate surface area is 111 Å². The number of hydrogen-bond donors (Lipinski definition) is 2. The van der Waals surface area contributed by atoms with Crippen LogP contribution in [0.4, 0.5) is 4.79 Å². The van der Waals surface area contributed by atoms with Gasteiger partial charge in [-0.15, -0.1) is 0 Å². The minimum Gasteiger partial charge on any atom is -0.479 e. The average molecular weight is 272 g/mol. The van der Waals surface area contributed by atoms with E-state index in [1.165, 1.54) is 4.90 Å². The lowest BCUT2D eigenvalue weighted by atomic mass is 10.0. The number of morpholine rings is 1. The molecule has 2 rings (SSSR count). The predicted molar refractivity (Wildman–Crippen MR) is 65.9 cm³/mol. The number of ether oxygens (including phenoxy) is 2. The first-order valence-electron chi connectivity index (χ1n) is 6.57. The number of carboxylic acid groups (broad SMARTS) is 1. The third kappa shape index (κ3) is 3.81. The van der Waals surface area contributed by atoms with Crippen LogP contribution in [0.2, 0.25) is 0 Å². The van der Waals surface area contributed by atoms with Crippen LogP contribution in [0.25, 0.3) is 0 Å². The highest BCUT2D eigenvalue weighted by Crippen LogP contribution is 2.14. The molecule has 0 aromatic heterocycles. The summed E-state index contributed by atoms with van der Waals surface area (Å²) in [6.07, 6.45) is 0.810. The minimum atomic E-state index is -1.03. The molecule has 2 fully saturated rings. The van der Waals surface area contributed by atoms with Crippen molar-refractivity contribution in [3.8, 4) is 0 Å². The lowest BCUT2D eigenvalue weighted by Gasteiger charge is -2.34. The Balaban J connectivity index is 1.83. The molecular formula is C12H20N2O5. The summed E-state index contributed by atoms with van der Waals surface area (Å²) in [4.78, 5) is 24.4. The normalized spacial score (nSPS) is 31.8. The maximum Gasteiger partial charge on any atom is 0.334 e. The van der Waals surface area contributed by atoms with Gasteiger partial charge in [-0.1, -0.05) is 0 Å². The van der Waals surface area contributed by atoms with Gasteiger partial charge in [-0.2, -0.15) is 0 Å². The monoisotopic (exact) mass is 272 g/mol. The van der Waals surface area contributed by atoms with E-state index in [1.807, 2.05) is 6.92 Å². The molecule has 0 aromatic carbocycles. The number of carbonyl (C=O) groups excluding carboxylic acids is 1. The smallest absolute Gasteiger partial charge is 0.334 e. The van der Waals surface area contributed by atoms with Crippen LogP contribution in [0.1, 0.15) is 19.8 Å². The second-order valence-corrected chi connectivity index (χ2v) is 5.00. The van der Waals surface area contributed by atoms with Crippen molar-refractivity contribution in [1.82, 2.24) is 10.2 Å². The number of rotatable bonds is 2. The Kier molecular flexibility index (Phi) is 4.60. The summed E-state index contributed by atoms with van der Waals surface area (Å²) in [7, 11) is 0. The molecule has 7 heteroatoms. The van der Waals surface area contributed by atoms with E-state index in [2.05, 4.69) is 5.32 Å². The molecule has 2 saturated heterocycles. The SMILES string of the molecule is CC1CC(NC(=O)N2CCOC(C(=O)O)C2)CCO1.